The average Bonchev–Trinajstić information content (AvgIpc) is 2.47. The highest BCUT2D eigenvalue weighted by Gasteiger charge is 2.18. The molecule has 0 atom stereocenters. The molecule has 0 aliphatic rings. The lowest BCUT2D eigenvalue weighted by atomic mass is 10.2. The minimum absolute atomic E-state index is 0.0221. The van der Waals surface area contributed by atoms with Crippen molar-refractivity contribution in [3.8, 4) is 0 Å². The van der Waals surface area contributed by atoms with E-state index in [2.05, 4.69) is 0 Å². The molecule has 0 saturated heterocycles. The third kappa shape index (κ3) is 5.73. The van der Waals surface area contributed by atoms with Crippen LogP contribution < -0.4 is 0 Å². The molecule has 6 heteroatoms. The fourth-order valence-corrected chi connectivity index (χ4v) is 2.06. The lowest BCUT2D eigenvalue weighted by Gasteiger charge is -2.22. The molecule has 5 nitrogen and oxygen atoms in total. The quantitative estimate of drug-likeness (QED) is 0.747. The zero-order chi connectivity index (χ0) is 15.7. The average molecular weight is 314 g/mol. The van der Waals surface area contributed by atoms with Crippen LogP contribution in [0.3, 0.4) is 0 Å². The molecule has 0 spiro atoms. The van der Waals surface area contributed by atoms with Crippen molar-refractivity contribution in [1.82, 2.24) is 4.90 Å². The van der Waals surface area contributed by atoms with E-state index in [9.17, 15) is 9.59 Å². The van der Waals surface area contributed by atoms with Gasteiger partial charge in [-0.1, -0.05) is 23.7 Å². The maximum Gasteiger partial charge on any atom is 0.307 e. The number of hydrogen-bond donors (Lipinski definition) is 1. The molecular formula is C15H20ClNO4. The minimum atomic E-state index is -0.349. The second-order valence-electron chi connectivity index (χ2n) is 4.40. The molecule has 1 rings (SSSR count). The molecule has 0 aromatic heterocycles. The van der Waals surface area contributed by atoms with E-state index in [1.807, 2.05) is 0 Å². The summed E-state index contributed by atoms with van der Waals surface area (Å²) in [4.78, 5) is 25.4. The SMILES string of the molecule is CCOC(=O)CCN(CCCO)C(=O)c1ccccc1Cl. The fraction of sp³-hybridized carbons (Fsp3) is 0.467. The molecule has 0 aliphatic carbocycles. The van der Waals surface area contributed by atoms with E-state index in [-0.39, 0.29) is 31.4 Å². The summed E-state index contributed by atoms with van der Waals surface area (Å²) < 4.78 is 4.85. The highest BCUT2D eigenvalue weighted by molar-refractivity contribution is 6.33. The first-order valence-electron chi connectivity index (χ1n) is 6.90. The molecule has 0 unspecified atom stereocenters. The number of amides is 1. The van der Waals surface area contributed by atoms with Crippen LogP contribution in [0.1, 0.15) is 30.1 Å². The van der Waals surface area contributed by atoms with Gasteiger partial charge in [-0.15, -0.1) is 0 Å². The van der Waals surface area contributed by atoms with Crippen LogP contribution in [0.4, 0.5) is 0 Å². The van der Waals surface area contributed by atoms with Crippen molar-refractivity contribution in [2.75, 3.05) is 26.3 Å². The van der Waals surface area contributed by atoms with E-state index in [0.717, 1.165) is 0 Å². The van der Waals surface area contributed by atoms with Crippen molar-refractivity contribution in [2.45, 2.75) is 19.8 Å². The van der Waals surface area contributed by atoms with Crippen LogP contribution in [0.15, 0.2) is 24.3 Å². The van der Waals surface area contributed by atoms with Gasteiger partial charge in [0.05, 0.1) is 23.6 Å². The largest absolute Gasteiger partial charge is 0.466 e. The van der Waals surface area contributed by atoms with Crippen molar-refractivity contribution in [3.05, 3.63) is 34.9 Å². The predicted octanol–water partition coefficient (Wildman–Crippen LogP) is 2.12. The molecule has 0 heterocycles. The normalized spacial score (nSPS) is 10.2. The van der Waals surface area contributed by atoms with E-state index >= 15 is 0 Å². The van der Waals surface area contributed by atoms with Crippen LogP contribution in [0.2, 0.25) is 5.02 Å². The van der Waals surface area contributed by atoms with Crippen LogP contribution in [-0.2, 0) is 9.53 Å². The number of nitrogens with zero attached hydrogens (tertiary/aromatic N) is 1. The number of ether oxygens (including phenoxy) is 1. The van der Waals surface area contributed by atoms with Crippen molar-refractivity contribution in [3.63, 3.8) is 0 Å². The van der Waals surface area contributed by atoms with Crippen LogP contribution >= 0.6 is 11.6 Å². The third-order valence-electron chi connectivity index (χ3n) is 2.87. The Hall–Kier alpha value is -1.59. The molecule has 0 fully saturated rings. The molecule has 116 valence electrons. The van der Waals surface area contributed by atoms with Crippen LogP contribution in [0, 0.1) is 0 Å². The standard InChI is InChI=1S/C15H20ClNO4/c1-2-21-14(19)8-10-17(9-5-11-18)15(20)12-6-3-4-7-13(12)16/h3-4,6-7,18H,2,5,8-11H2,1H3. The topological polar surface area (TPSA) is 66.8 Å². The van der Waals surface area contributed by atoms with Gasteiger partial charge in [0.2, 0.25) is 0 Å². The zero-order valence-corrected chi connectivity index (χ0v) is 12.8. The first-order valence-corrected chi connectivity index (χ1v) is 7.28. The van der Waals surface area contributed by atoms with Gasteiger partial charge in [-0.05, 0) is 25.5 Å². The van der Waals surface area contributed by atoms with Gasteiger partial charge in [-0.2, -0.15) is 0 Å². The number of rotatable bonds is 8. The molecule has 1 aromatic carbocycles. The first kappa shape index (κ1) is 17.5. The summed E-state index contributed by atoms with van der Waals surface area (Å²) in [6.07, 6.45) is 0.564. The van der Waals surface area contributed by atoms with E-state index < -0.39 is 0 Å². The lowest BCUT2D eigenvalue weighted by molar-refractivity contribution is -0.143. The Morgan fingerprint density at radius 1 is 1.29 bits per heavy atom. The lowest BCUT2D eigenvalue weighted by Crippen LogP contribution is -2.34. The summed E-state index contributed by atoms with van der Waals surface area (Å²) in [6.45, 7) is 2.62. The molecule has 0 aliphatic heterocycles. The maximum atomic E-state index is 12.4. The summed E-state index contributed by atoms with van der Waals surface area (Å²) in [5.74, 6) is -0.600. The molecule has 0 radical (unpaired) electrons. The number of esters is 1. The van der Waals surface area contributed by atoms with E-state index in [1.165, 1.54) is 4.90 Å². The highest BCUT2D eigenvalue weighted by Crippen LogP contribution is 2.17. The smallest absolute Gasteiger partial charge is 0.307 e. The molecule has 1 amide bonds. The number of aliphatic hydroxyl groups is 1. The molecule has 1 aromatic rings. The van der Waals surface area contributed by atoms with Gasteiger partial charge in [0.15, 0.2) is 0 Å². The minimum Gasteiger partial charge on any atom is -0.466 e. The molecule has 21 heavy (non-hydrogen) atoms. The Labute approximate surface area is 129 Å². The van der Waals surface area contributed by atoms with Crippen molar-refractivity contribution in [2.24, 2.45) is 0 Å². The number of benzene rings is 1. The van der Waals surface area contributed by atoms with Gasteiger partial charge in [0.25, 0.3) is 5.91 Å². The highest BCUT2D eigenvalue weighted by atomic mass is 35.5. The fourth-order valence-electron chi connectivity index (χ4n) is 1.84. The molecule has 0 bridgehead atoms. The summed E-state index contributed by atoms with van der Waals surface area (Å²) in [6, 6.07) is 6.76. The van der Waals surface area contributed by atoms with Crippen LogP contribution in [0.5, 0.6) is 0 Å². The number of carbonyl (C=O) groups is 2. The van der Waals surface area contributed by atoms with E-state index in [4.69, 9.17) is 21.4 Å². The van der Waals surface area contributed by atoms with Gasteiger partial charge in [0.1, 0.15) is 0 Å². The molecule has 0 saturated carbocycles. The zero-order valence-electron chi connectivity index (χ0n) is 12.0. The Morgan fingerprint density at radius 2 is 2.00 bits per heavy atom. The summed E-state index contributed by atoms with van der Waals surface area (Å²) in [7, 11) is 0. The van der Waals surface area contributed by atoms with Crippen molar-refractivity contribution < 1.29 is 19.4 Å². The second-order valence-corrected chi connectivity index (χ2v) is 4.81. The monoisotopic (exact) mass is 313 g/mol. The molecule has 1 N–H and O–H groups in total. The Bertz CT molecular complexity index is 478. The second kappa shape index (κ2) is 9.37. The van der Waals surface area contributed by atoms with Gasteiger partial charge in [0, 0.05) is 19.7 Å². The van der Waals surface area contributed by atoms with Crippen LogP contribution in [-0.4, -0.2) is 48.2 Å². The first-order chi connectivity index (χ1) is 10.1. The van der Waals surface area contributed by atoms with Crippen molar-refractivity contribution in [1.29, 1.82) is 0 Å². The Kier molecular flexibility index (Phi) is 7.79. The summed E-state index contributed by atoms with van der Waals surface area (Å²) in [5.41, 5.74) is 0.390. The van der Waals surface area contributed by atoms with Gasteiger partial charge < -0.3 is 14.7 Å². The summed E-state index contributed by atoms with van der Waals surface area (Å²) >= 11 is 6.02. The number of hydrogen-bond acceptors (Lipinski definition) is 4. The van der Waals surface area contributed by atoms with Crippen LogP contribution in [0.25, 0.3) is 0 Å². The van der Waals surface area contributed by atoms with Crippen molar-refractivity contribution >= 4 is 23.5 Å². The van der Waals surface area contributed by atoms with Gasteiger partial charge in [-0.25, -0.2) is 0 Å². The van der Waals surface area contributed by atoms with Gasteiger partial charge in [-0.3, -0.25) is 9.59 Å². The van der Waals surface area contributed by atoms with Gasteiger partial charge >= 0.3 is 5.97 Å². The maximum absolute atomic E-state index is 12.4. The third-order valence-corrected chi connectivity index (χ3v) is 3.20. The molecular weight excluding hydrogens is 294 g/mol. The van der Waals surface area contributed by atoms with E-state index in [1.54, 1.807) is 31.2 Å². The number of halogens is 1. The number of carbonyl (C=O) groups excluding carboxylic acids is 2. The Balaban J connectivity index is 2.74. The number of aliphatic hydroxyl groups excluding tert-OH is 1. The summed E-state index contributed by atoms with van der Waals surface area (Å²) in [5, 5.41) is 9.30. The predicted molar refractivity (Wildman–Crippen MR) is 80.3 cm³/mol. The van der Waals surface area contributed by atoms with E-state index in [0.29, 0.717) is 30.2 Å². The Morgan fingerprint density at radius 3 is 2.62 bits per heavy atom.